The molecule has 0 aliphatic carbocycles. The third-order valence-electron chi connectivity index (χ3n) is 5.46. The summed E-state index contributed by atoms with van der Waals surface area (Å²) < 4.78 is 45.7. The van der Waals surface area contributed by atoms with Crippen molar-refractivity contribution in [2.75, 3.05) is 12.4 Å². The smallest absolute Gasteiger partial charge is 0.416 e. The van der Waals surface area contributed by atoms with E-state index in [1.165, 1.54) is 28.3 Å². The summed E-state index contributed by atoms with van der Waals surface area (Å²) in [6, 6.07) is 4.04. The van der Waals surface area contributed by atoms with Crippen LogP contribution in [0.2, 0.25) is 0 Å². The minimum absolute atomic E-state index is 0.195. The Bertz CT molecular complexity index is 1010. The van der Waals surface area contributed by atoms with Gasteiger partial charge in [0.2, 0.25) is 0 Å². The molecule has 2 rings (SSSR count). The monoisotopic (exact) mass is 531 g/mol. The number of carbonyl (C=O) groups excluding carboxylic acids is 1. The van der Waals surface area contributed by atoms with E-state index in [1.54, 1.807) is 30.8 Å². The van der Waals surface area contributed by atoms with Gasteiger partial charge in [-0.1, -0.05) is 55.9 Å². The predicted octanol–water partition coefficient (Wildman–Crippen LogP) is 8.36. The van der Waals surface area contributed by atoms with Crippen molar-refractivity contribution in [3.8, 4) is 0 Å². The SMILES string of the molecule is CCCCC(CCSC(=S)N/C(C)=C/CC(=O)OCC)c1sc2cc(C(F)(F)F)ccc2c1C. The largest absolute Gasteiger partial charge is 0.466 e. The number of allylic oxidation sites excluding steroid dienone is 1. The molecule has 0 aliphatic rings. The van der Waals surface area contributed by atoms with Crippen LogP contribution in [-0.2, 0) is 15.7 Å². The zero-order chi connectivity index (χ0) is 25.3. The van der Waals surface area contributed by atoms with Crippen LogP contribution in [0.25, 0.3) is 10.1 Å². The molecule has 2 aromatic rings. The van der Waals surface area contributed by atoms with Crippen molar-refractivity contribution in [1.29, 1.82) is 0 Å². The normalized spacial score (nSPS) is 13.2. The van der Waals surface area contributed by atoms with Gasteiger partial charge in [-0.2, -0.15) is 13.2 Å². The van der Waals surface area contributed by atoms with Crippen LogP contribution in [0, 0.1) is 6.92 Å². The fraction of sp³-hybridized carbons (Fsp3) is 0.520. The van der Waals surface area contributed by atoms with Crippen LogP contribution in [0.15, 0.2) is 30.0 Å². The zero-order valence-corrected chi connectivity index (χ0v) is 22.5. The first-order valence-electron chi connectivity index (χ1n) is 11.4. The number of hydrogen-bond donors (Lipinski definition) is 1. The van der Waals surface area contributed by atoms with Crippen LogP contribution < -0.4 is 5.32 Å². The molecule has 1 atom stereocenters. The predicted molar refractivity (Wildman–Crippen MR) is 142 cm³/mol. The van der Waals surface area contributed by atoms with Gasteiger partial charge in [-0.25, -0.2) is 0 Å². The standard InChI is InChI=1S/C25H32F3NO2S3/c1-5-7-8-18(13-14-33-24(32)29-16(3)9-12-22(30)31-6-2)23-17(4)20-11-10-19(25(26,27)28)15-21(20)34-23/h9-11,15,18H,5-8,12-14H2,1-4H3,(H,29,32)/b16-9+. The number of alkyl halides is 3. The Labute approximate surface area is 213 Å². The molecule has 0 radical (unpaired) electrons. The summed E-state index contributed by atoms with van der Waals surface area (Å²) in [4.78, 5) is 12.6. The number of fused-ring (bicyclic) bond motifs is 1. The molecule has 0 spiro atoms. The average Bonchev–Trinajstić information content (AvgIpc) is 3.10. The van der Waals surface area contributed by atoms with Crippen molar-refractivity contribution in [3.63, 3.8) is 0 Å². The number of esters is 1. The van der Waals surface area contributed by atoms with Gasteiger partial charge >= 0.3 is 12.1 Å². The summed E-state index contributed by atoms with van der Waals surface area (Å²) in [5.41, 5.74) is 1.28. The van der Waals surface area contributed by atoms with Crippen LogP contribution >= 0.6 is 35.3 Å². The molecule has 0 saturated heterocycles. The molecule has 0 fully saturated rings. The number of thiophene rings is 1. The molecule has 188 valence electrons. The van der Waals surface area contributed by atoms with Gasteiger partial charge in [0.1, 0.15) is 4.32 Å². The van der Waals surface area contributed by atoms with Gasteiger partial charge in [0.15, 0.2) is 0 Å². The number of aryl methyl sites for hydroxylation is 1. The number of thiocarbonyl (C=S) groups is 1. The molecular formula is C25H32F3NO2S3. The van der Waals surface area contributed by atoms with E-state index in [1.807, 2.05) is 13.8 Å². The molecule has 3 nitrogen and oxygen atoms in total. The Hall–Kier alpha value is -1.58. The number of hydrogen-bond acceptors (Lipinski definition) is 5. The summed E-state index contributed by atoms with van der Waals surface area (Å²) in [6.07, 6.45) is 1.62. The summed E-state index contributed by atoms with van der Waals surface area (Å²) >= 11 is 8.46. The summed E-state index contributed by atoms with van der Waals surface area (Å²) in [6.45, 7) is 8.13. The maximum Gasteiger partial charge on any atom is 0.416 e. The lowest BCUT2D eigenvalue weighted by molar-refractivity contribution is -0.142. The van der Waals surface area contributed by atoms with Crippen LogP contribution in [-0.4, -0.2) is 22.6 Å². The highest BCUT2D eigenvalue weighted by Crippen LogP contribution is 2.42. The van der Waals surface area contributed by atoms with Gasteiger partial charge in [0, 0.05) is 21.0 Å². The van der Waals surface area contributed by atoms with E-state index >= 15 is 0 Å². The zero-order valence-electron chi connectivity index (χ0n) is 20.0. The van der Waals surface area contributed by atoms with Crippen molar-refractivity contribution in [2.24, 2.45) is 0 Å². The van der Waals surface area contributed by atoms with Crippen LogP contribution in [0.4, 0.5) is 13.2 Å². The van der Waals surface area contributed by atoms with Gasteiger partial charge in [-0.3, -0.25) is 4.79 Å². The molecular weight excluding hydrogens is 499 g/mol. The lowest BCUT2D eigenvalue weighted by Crippen LogP contribution is -2.17. The van der Waals surface area contributed by atoms with Gasteiger partial charge in [0.25, 0.3) is 0 Å². The van der Waals surface area contributed by atoms with Crippen LogP contribution in [0.3, 0.4) is 0 Å². The first-order chi connectivity index (χ1) is 16.1. The minimum Gasteiger partial charge on any atom is -0.466 e. The highest BCUT2D eigenvalue weighted by Gasteiger charge is 2.31. The number of benzene rings is 1. The fourth-order valence-electron chi connectivity index (χ4n) is 3.67. The summed E-state index contributed by atoms with van der Waals surface area (Å²) in [5.74, 6) is 0.803. The van der Waals surface area contributed by atoms with E-state index in [-0.39, 0.29) is 18.3 Å². The Morgan fingerprint density at radius 3 is 2.68 bits per heavy atom. The number of rotatable bonds is 11. The Balaban J connectivity index is 2.04. The second-order valence-electron chi connectivity index (χ2n) is 8.09. The van der Waals surface area contributed by atoms with Crippen molar-refractivity contribution >= 4 is 55.7 Å². The van der Waals surface area contributed by atoms with E-state index in [0.29, 0.717) is 15.6 Å². The van der Waals surface area contributed by atoms with Crippen molar-refractivity contribution < 1.29 is 22.7 Å². The van der Waals surface area contributed by atoms with Gasteiger partial charge in [0.05, 0.1) is 18.6 Å². The molecule has 0 saturated carbocycles. The quantitative estimate of drug-likeness (QED) is 0.233. The van der Waals surface area contributed by atoms with E-state index in [2.05, 4.69) is 12.2 Å². The summed E-state index contributed by atoms with van der Waals surface area (Å²) in [5, 5.41) is 4.04. The van der Waals surface area contributed by atoms with Gasteiger partial charge in [-0.05, 0) is 62.6 Å². The molecule has 1 N–H and O–H groups in total. The highest BCUT2D eigenvalue weighted by atomic mass is 32.2. The number of unbranched alkanes of at least 4 members (excludes halogenated alkanes) is 1. The fourth-order valence-corrected chi connectivity index (χ4v) is 6.32. The third kappa shape index (κ3) is 8.57. The second kappa shape index (κ2) is 13.5. The number of thioether (sulfide) groups is 1. The van der Waals surface area contributed by atoms with E-state index in [9.17, 15) is 18.0 Å². The van der Waals surface area contributed by atoms with Crippen LogP contribution in [0.1, 0.15) is 74.8 Å². The molecule has 34 heavy (non-hydrogen) atoms. The molecule has 1 unspecified atom stereocenters. The topological polar surface area (TPSA) is 38.3 Å². The Morgan fingerprint density at radius 1 is 1.29 bits per heavy atom. The summed E-state index contributed by atoms with van der Waals surface area (Å²) in [7, 11) is 0. The lowest BCUT2D eigenvalue weighted by Gasteiger charge is -2.17. The molecule has 0 amide bonds. The van der Waals surface area contributed by atoms with Gasteiger partial charge in [-0.15, -0.1) is 11.3 Å². The van der Waals surface area contributed by atoms with Gasteiger partial charge < -0.3 is 10.1 Å². The average molecular weight is 532 g/mol. The minimum atomic E-state index is -4.34. The van der Waals surface area contributed by atoms with E-state index in [0.717, 1.165) is 48.1 Å². The Kier molecular flexibility index (Phi) is 11.4. The number of nitrogens with one attached hydrogen (secondary N) is 1. The van der Waals surface area contributed by atoms with Crippen LogP contribution in [0.5, 0.6) is 0 Å². The first kappa shape index (κ1) is 28.7. The van der Waals surface area contributed by atoms with E-state index < -0.39 is 11.7 Å². The molecule has 1 aromatic carbocycles. The first-order valence-corrected chi connectivity index (χ1v) is 13.6. The molecule has 1 aromatic heterocycles. The molecule has 9 heteroatoms. The van der Waals surface area contributed by atoms with E-state index in [4.69, 9.17) is 17.0 Å². The maximum absolute atomic E-state index is 13.2. The highest BCUT2D eigenvalue weighted by molar-refractivity contribution is 8.22. The number of ether oxygens (including phenoxy) is 1. The van der Waals surface area contributed by atoms with Crippen molar-refractivity contribution in [3.05, 3.63) is 46.0 Å². The Morgan fingerprint density at radius 2 is 2.03 bits per heavy atom. The lowest BCUT2D eigenvalue weighted by atomic mass is 9.94. The maximum atomic E-state index is 13.2. The molecule has 1 heterocycles. The molecule has 0 aliphatic heterocycles. The van der Waals surface area contributed by atoms with Crippen molar-refractivity contribution in [2.45, 2.75) is 71.9 Å². The number of halogens is 3. The second-order valence-corrected chi connectivity index (χ2v) is 10.9. The number of carbonyl (C=O) groups is 1. The van der Waals surface area contributed by atoms with Crippen molar-refractivity contribution in [1.82, 2.24) is 5.32 Å². The molecule has 0 bridgehead atoms. The third-order valence-corrected chi connectivity index (χ3v) is 8.14.